The van der Waals surface area contributed by atoms with Gasteiger partial charge in [-0.15, -0.1) is 10.2 Å². The highest BCUT2D eigenvalue weighted by molar-refractivity contribution is 5.90. The van der Waals surface area contributed by atoms with Crippen molar-refractivity contribution in [1.82, 2.24) is 14.6 Å². The van der Waals surface area contributed by atoms with Crippen molar-refractivity contribution in [3.05, 3.63) is 65.7 Å². The summed E-state index contributed by atoms with van der Waals surface area (Å²) in [5, 5.41) is 18.8. The number of benzene rings is 2. The van der Waals surface area contributed by atoms with Gasteiger partial charge in [0.15, 0.2) is 11.5 Å². The van der Waals surface area contributed by atoms with Gasteiger partial charge < -0.3 is 5.11 Å². The number of aryl methyl sites for hydroxylation is 1. The minimum atomic E-state index is -0.957. The third-order valence-corrected chi connectivity index (χ3v) is 3.97. The van der Waals surface area contributed by atoms with Gasteiger partial charge in [0.25, 0.3) is 0 Å². The average Bonchev–Trinajstić information content (AvgIpc) is 2.99. The summed E-state index contributed by atoms with van der Waals surface area (Å²) in [6.07, 6.45) is 0. The predicted octanol–water partition coefficient (Wildman–Crippen LogP) is 3.56. The fourth-order valence-corrected chi connectivity index (χ4v) is 2.88. The van der Waals surface area contributed by atoms with Crippen molar-refractivity contribution in [3.8, 4) is 11.4 Å². The smallest absolute Gasteiger partial charge is 0.335 e. The van der Waals surface area contributed by atoms with E-state index in [-0.39, 0.29) is 5.56 Å². The van der Waals surface area contributed by atoms with Crippen molar-refractivity contribution in [2.75, 3.05) is 0 Å². The Bertz CT molecular complexity index is 1070. The number of nitrogens with zero attached hydrogens (tertiary/aromatic N) is 3. The lowest BCUT2D eigenvalue weighted by molar-refractivity contribution is 0.0697. The van der Waals surface area contributed by atoms with Crippen LogP contribution in [-0.2, 0) is 0 Å². The average molecular weight is 303 g/mol. The molecule has 0 atom stereocenters. The molecule has 5 nitrogen and oxygen atoms in total. The highest BCUT2D eigenvalue weighted by Crippen LogP contribution is 2.26. The van der Waals surface area contributed by atoms with E-state index < -0.39 is 5.97 Å². The van der Waals surface area contributed by atoms with Crippen LogP contribution in [0, 0.1) is 6.92 Å². The minimum absolute atomic E-state index is 0.232. The molecule has 0 saturated carbocycles. The lowest BCUT2D eigenvalue weighted by atomic mass is 10.1. The lowest BCUT2D eigenvalue weighted by Crippen LogP contribution is -1.98. The van der Waals surface area contributed by atoms with Gasteiger partial charge in [-0.3, -0.25) is 4.40 Å². The van der Waals surface area contributed by atoms with Gasteiger partial charge in [-0.1, -0.05) is 30.3 Å². The van der Waals surface area contributed by atoms with Crippen LogP contribution in [0.15, 0.2) is 54.6 Å². The van der Waals surface area contributed by atoms with E-state index in [4.69, 9.17) is 0 Å². The summed E-state index contributed by atoms with van der Waals surface area (Å²) >= 11 is 0. The molecule has 0 saturated heterocycles. The Morgan fingerprint density at radius 2 is 1.87 bits per heavy atom. The number of rotatable bonds is 2. The standard InChI is InChI=1S/C18H13N3O2/c1-11-9-16-19-20-17(12-5-4-6-13(10-12)18(22)23)21(16)15-8-3-2-7-14(11)15/h2-10H,1H3,(H,22,23). The number of hydrogen-bond acceptors (Lipinski definition) is 3. The highest BCUT2D eigenvalue weighted by Gasteiger charge is 2.13. The van der Waals surface area contributed by atoms with Gasteiger partial charge in [0.05, 0.1) is 11.1 Å². The Morgan fingerprint density at radius 1 is 1.04 bits per heavy atom. The molecule has 0 amide bonds. The molecule has 4 aromatic rings. The molecule has 0 aliphatic heterocycles. The van der Waals surface area contributed by atoms with E-state index in [9.17, 15) is 9.90 Å². The Hall–Kier alpha value is -3.21. The number of para-hydroxylation sites is 1. The molecule has 0 spiro atoms. The normalized spacial score (nSPS) is 11.2. The largest absolute Gasteiger partial charge is 0.478 e. The number of aromatic nitrogens is 3. The summed E-state index contributed by atoms with van der Waals surface area (Å²) in [6.45, 7) is 2.04. The summed E-state index contributed by atoms with van der Waals surface area (Å²) in [5.41, 5.74) is 3.84. The number of fused-ring (bicyclic) bond motifs is 3. The van der Waals surface area contributed by atoms with Crippen LogP contribution in [0.4, 0.5) is 0 Å². The molecular formula is C18H13N3O2. The Kier molecular flexibility index (Phi) is 2.87. The SMILES string of the molecule is Cc1cc2nnc(-c3cccc(C(=O)O)c3)n2c2ccccc12. The van der Waals surface area contributed by atoms with Crippen molar-refractivity contribution in [1.29, 1.82) is 0 Å². The molecule has 0 fully saturated rings. The van der Waals surface area contributed by atoms with E-state index in [2.05, 4.69) is 16.3 Å². The van der Waals surface area contributed by atoms with E-state index in [0.29, 0.717) is 5.82 Å². The second kappa shape index (κ2) is 4.91. The van der Waals surface area contributed by atoms with E-state index in [1.807, 2.05) is 41.7 Å². The van der Waals surface area contributed by atoms with Crippen LogP contribution in [0.3, 0.4) is 0 Å². The highest BCUT2D eigenvalue weighted by atomic mass is 16.4. The minimum Gasteiger partial charge on any atom is -0.478 e. The summed E-state index contributed by atoms with van der Waals surface area (Å²) in [6, 6.07) is 16.8. The Morgan fingerprint density at radius 3 is 2.70 bits per heavy atom. The van der Waals surface area contributed by atoms with Crippen molar-refractivity contribution in [2.24, 2.45) is 0 Å². The second-order valence-corrected chi connectivity index (χ2v) is 5.45. The van der Waals surface area contributed by atoms with Gasteiger partial charge in [-0.25, -0.2) is 4.79 Å². The lowest BCUT2D eigenvalue weighted by Gasteiger charge is -2.08. The van der Waals surface area contributed by atoms with Gasteiger partial charge in [-0.2, -0.15) is 0 Å². The summed E-state index contributed by atoms with van der Waals surface area (Å²) in [4.78, 5) is 11.2. The molecule has 0 unspecified atom stereocenters. The number of carboxylic acids is 1. The molecule has 1 N–H and O–H groups in total. The van der Waals surface area contributed by atoms with Crippen LogP contribution in [0.2, 0.25) is 0 Å². The van der Waals surface area contributed by atoms with Crippen molar-refractivity contribution in [3.63, 3.8) is 0 Å². The molecule has 112 valence electrons. The van der Waals surface area contributed by atoms with Crippen LogP contribution in [0.25, 0.3) is 27.9 Å². The van der Waals surface area contributed by atoms with Gasteiger partial charge in [0.1, 0.15) is 0 Å². The second-order valence-electron chi connectivity index (χ2n) is 5.45. The first kappa shape index (κ1) is 13.5. The van der Waals surface area contributed by atoms with Crippen molar-refractivity contribution >= 4 is 22.5 Å². The van der Waals surface area contributed by atoms with Crippen molar-refractivity contribution < 1.29 is 9.90 Å². The third-order valence-electron chi connectivity index (χ3n) is 3.97. The summed E-state index contributed by atoms with van der Waals surface area (Å²) in [5.74, 6) is -0.319. The van der Waals surface area contributed by atoms with Gasteiger partial charge in [0, 0.05) is 10.9 Å². The Labute approximate surface area is 131 Å². The van der Waals surface area contributed by atoms with E-state index in [1.54, 1.807) is 18.2 Å². The molecule has 2 aromatic heterocycles. The van der Waals surface area contributed by atoms with Gasteiger partial charge in [0.2, 0.25) is 0 Å². The molecule has 2 heterocycles. The molecule has 0 aliphatic rings. The maximum Gasteiger partial charge on any atom is 0.335 e. The number of hydrogen-bond donors (Lipinski definition) is 1. The molecule has 0 aliphatic carbocycles. The zero-order valence-corrected chi connectivity index (χ0v) is 12.4. The number of pyridine rings is 1. The first-order valence-corrected chi connectivity index (χ1v) is 7.22. The van der Waals surface area contributed by atoms with Crippen LogP contribution >= 0.6 is 0 Å². The van der Waals surface area contributed by atoms with Crippen LogP contribution in [-0.4, -0.2) is 25.7 Å². The zero-order valence-electron chi connectivity index (χ0n) is 12.4. The van der Waals surface area contributed by atoms with Crippen molar-refractivity contribution in [2.45, 2.75) is 6.92 Å². The first-order chi connectivity index (χ1) is 11.1. The Balaban J connectivity index is 2.07. The number of carboxylic acid groups (broad SMARTS) is 1. The monoisotopic (exact) mass is 303 g/mol. The van der Waals surface area contributed by atoms with Crippen LogP contribution < -0.4 is 0 Å². The van der Waals surface area contributed by atoms with E-state index in [0.717, 1.165) is 27.7 Å². The predicted molar refractivity (Wildman–Crippen MR) is 87.6 cm³/mol. The topological polar surface area (TPSA) is 67.5 Å². The maximum absolute atomic E-state index is 11.2. The van der Waals surface area contributed by atoms with Crippen LogP contribution in [0.5, 0.6) is 0 Å². The first-order valence-electron chi connectivity index (χ1n) is 7.22. The summed E-state index contributed by atoms with van der Waals surface area (Å²) < 4.78 is 1.96. The quantitative estimate of drug-likeness (QED) is 0.615. The third kappa shape index (κ3) is 2.05. The number of aromatic carboxylic acids is 1. The van der Waals surface area contributed by atoms with E-state index in [1.165, 1.54) is 0 Å². The molecule has 4 rings (SSSR count). The van der Waals surface area contributed by atoms with Crippen LogP contribution in [0.1, 0.15) is 15.9 Å². The fourth-order valence-electron chi connectivity index (χ4n) is 2.88. The van der Waals surface area contributed by atoms with E-state index >= 15 is 0 Å². The molecular weight excluding hydrogens is 290 g/mol. The maximum atomic E-state index is 11.2. The van der Waals surface area contributed by atoms with Gasteiger partial charge in [-0.05, 0) is 36.8 Å². The van der Waals surface area contributed by atoms with Gasteiger partial charge >= 0.3 is 5.97 Å². The summed E-state index contributed by atoms with van der Waals surface area (Å²) in [7, 11) is 0. The molecule has 0 radical (unpaired) electrons. The zero-order chi connectivity index (χ0) is 16.0. The molecule has 0 bridgehead atoms. The molecule has 23 heavy (non-hydrogen) atoms. The number of carbonyl (C=O) groups is 1. The fraction of sp³-hybridized carbons (Fsp3) is 0.0556. The molecule has 5 heteroatoms. The molecule has 2 aromatic carbocycles.